The van der Waals surface area contributed by atoms with Gasteiger partial charge in [-0.25, -0.2) is 24.3 Å². The van der Waals surface area contributed by atoms with Crippen LogP contribution in [-0.4, -0.2) is 50.1 Å². The number of fused-ring (bicyclic) bond motifs is 3. The number of aromatic nitrogens is 5. The molecule has 2 atom stereocenters. The van der Waals surface area contributed by atoms with E-state index in [-0.39, 0.29) is 5.82 Å². The Morgan fingerprint density at radius 3 is 2.65 bits per heavy atom. The highest BCUT2D eigenvalue weighted by Gasteiger charge is 2.46. The molecule has 0 radical (unpaired) electrons. The molecule has 3 fully saturated rings. The van der Waals surface area contributed by atoms with Gasteiger partial charge in [-0.3, -0.25) is 4.98 Å². The van der Waals surface area contributed by atoms with Crippen LogP contribution in [0.4, 0.5) is 16.0 Å². The Hall–Kier alpha value is -2.90. The van der Waals surface area contributed by atoms with Gasteiger partial charge >= 0.3 is 0 Å². The van der Waals surface area contributed by atoms with E-state index in [1.165, 1.54) is 6.33 Å². The van der Waals surface area contributed by atoms with Crippen LogP contribution in [0, 0.1) is 5.82 Å². The van der Waals surface area contributed by atoms with Crippen molar-refractivity contribution in [2.45, 2.75) is 31.8 Å². The lowest BCUT2D eigenvalue weighted by Crippen LogP contribution is -2.69. The molecule has 3 aromatic heterocycles. The van der Waals surface area contributed by atoms with Gasteiger partial charge in [0, 0.05) is 24.7 Å². The van der Waals surface area contributed by atoms with Crippen LogP contribution in [0.2, 0.25) is 0 Å². The van der Waals surface area contributed by atoms with Crippen LogP contribution in [0.1, 0.15) is 19.0 Å². The van der Waals surface area contributed by atoms with Gasteiger partial charge < -0.3 is 9.80 Å². The molecule has 2 bridgehead atoms. The number of piperazine rings is 1. The highest BCUT2D eigenvalue weighted by atomic mass is 19.1. The number of anilines is 2. The lowest BCUT2D eigenvalue weighted by Gasteiger charge is -2.57. The van der Waals surface area contributed by atoms with Gasteiger partial charge in [0.1, 0.15) is 18.5 Å². The number of halogens is 1. The summed E-state index contributed by atoms with van der Waals surface area (Å²) in [6, 6.07) is 2.53. The fourth-order valence-corrected chi connectivity index (χ4v) is 4.09. The predicted molar refractivity (Wildman–Crippen MR) is 95.6 cm³/mol. The minimum Gasteiger partial charge on any atom is -0.350 e. The maximum absolute atomic E-state index is 14.6. The van der Waals surface area contributed by atoms with E-state index in [0.29, 0.717) is 30.0 Å². The van der Waals surface area contributed by atoms with E-state index in [1.807, 2.05) is 17.9 Å². The topological polar surface area (TPSA) is 70.9 Å². The fourth-order valence-electron chi connectivity index (χ4n) is 4.09. The Morgan fingerprint density at radius 1 is 1.08 bits per heavy atom. The molecule has 0 spiro atoms. The zero-order valence-electron chi connectivity index (χ0n) is 14.4. The molecule has 3 aliphatic rings. The lowest BCUT2D eigenvalue weighted by atomic mass is 9.87. The van der Waals surface area contributed by atoms with Gasteiger partial charge in [-0.2, -0.15) is 0 Å². The number of rotatable bonds is 3. The molecule has 0 aliphatic carbocycles. The normalized spacial score (nSPS) is 21.8. The number of pyridine rings is 1. The predicted octanol–water partition coefficient (Wildman–Crippen LogP) is 1.98. The first-order valence-corrected chi connectivity index (χ1v) is 8.83. The minimum atomic E-state index is -0.290. The molecule has 8 heteroatoms. The van der Waals surface area contributed by atoms with Crippen molar-refractivity contribution in [2.75, 3.05) is 22.9 Å². The van der Waals surface area contributed by atoms with Gasteiger partial charge in [-0.05, 0) is 18.9 Å². The molecule has 3 aliphatic heterocycles. The summed E-state index contributed by atoms with van der Waals surface area (Å²) in [4.78, 5) is 25.6. The average molecular weight is 351 g/mol. The van der Waals surface area contributed by atoms with Crippen molar-refractivity contribution in [1.29, 1.82) is 0 Å². The van der Waals surface area contributed by atoms with Crippen LogP contribution in [-0.2, 0) is 6.42 Å². The molecule has 0 amide bonds. The summed E-state index contributed by atoms with van der Waals surface area (Å²) in [5.41, 5.74) is 1.31. The van der Waals surface area contributed by atoms with Crippen molar-refractivity contribution < 1.29 is 4.39 Å². The molecule has 0 N–H and O–H groups in total. The Morgan fingerprint density at radius 2 is 1.85 bits per heavy atom. The Bertz CT molecular complexity index is 961. The van der Waals surface area contributed by atoms with Gasteiger partial charge in [0.05, 0.1) is 29.5 Å². The summed E-state index contributed by atoms with van der Waals surface area (Å²) in [7, 11) is 0. The zero-order chi connectivity index (χ0) is 17.7. The van der Waals surface area contributed by atoms with Crippen molar-refractivity contribution in [3.05, 3.63) is 42.6 Å². The molecule has 3 aromatic rings. The summed E-state index contributed by atoms with van der Waals surface area (Å²) < 4.78 is 14.6. The fraction of sp³-hybridized carbons (Fsp3) is 0.389. The van der Waals surface area contributed by atoms with Crippen molar-refractivity contribution >= 4 is 22.5 Å². The summed E-state index contributed by atoms with van der Waals surface area (Å²) in [6.07, 6.45) is 8.21. The van der Waals surface area contributed by atoms with E-state index in [0.717, 1.165) is 36.2 Å². The van der Waals surface area contributed by atoms with E-state index < -0.39 is 0 Å². The number of nitrogens with zero attached hydrogens (tertiary/aromatic N) is 7. The van der Waals surface area contributed by atoms with Gasteiger partial charge in [-0.15, -0.1) is 0 Å². The van der Waals surface area contributed by atoms with E-state index in [9.17, 15) is 4.39 Å². The molecule has 7 nitrogen and oxygen atoms in total. The smallest absolute Gasteiger partial charge is 0.187 e. The SMILES string of the molecule is CCc1ncnc(N2CC3CC(C2)N3c2ncnc3cnccc23)c1F. The zero-order valence-corrected chi connectivity index (χ0v) is 14.4. The molecule has 3 saturated heterocycles. The summed E-state index contributed by atoms with van der Waals surface area (Å²) in [5, 5.41) is 1.01. The second-order valence-electron chi connectivity index (χ2n) is 6.76. The number of hydrogen-bond acceptors (Lipinski definition) is 7. The summed E-state index contributed by atoms with van der Waals surface area (Å²) >= 11 is 0. The third kappa shape index (κ3) is 2.21. The lowest BCUT2D eigenvalue weighted by molar-refractivity contribution is 0.287. The highest BCUT2D eigenvalue weighted by Crippen LogP contribution is 2.39. The summed E-state index contributed by atoms with van der Waals surface area (Å²) in [5.74, 6) is 1.07. The van der Waals surface area contributed by atoms with Gasteiger partial charge in [0.25, 0.3) is 0 Å². The summed E-state index contributed by atoms with van der Waals surface area (Å²) in [6.45, 7) is 3.36. The average Bonchev–Trinajstić information content (AvgIpc) is 2.68. The van der Waals surface area contributed by atoms with Gasteiger partial charge in [0.2, 0.25) is 0 Å². The molecular weight excluding hydrogens is 333 g/mol. The van der Waals surface area contributed by atoms with Crippen molar-refractivity contribution in [3.63, 3.8) is 0 Å². The largest absolute Gasteiger partial charge is 0.350 e. The van der Waals surface area contributed by atoms with Gasteiger partial charge in [0.15, 0.2) is 11.6 Å². The second kappa shape index (κ2) is 5.82. The molecule has 2 unspecified atom stereocenters. The van der Waals surface area contributed by atoms with Gasteiger partial charge in [-0.1, -0.05) is 6.92 Å². The molecule has 0 saturated carbocycles. The Labute approximate surface area is 149 Å². The first kappa shape index (κ1) is 15.4. The maximum Gasteiger partial charge on any atom is 0.187 e. The van der Waals surface area contributed by atoms with Crippen molar-refractivity contribution in [3.8, 4) is 0 Å². The van der Waals surface area contributed by atoms with Crippen LogP contribution in [0.5, 0.6) is 0 Å². The van der Waals surface area contributed by atoms with Crippen LogP contribution in [0.15, 0.2) is 31.1 Å². The first-order chi connectivity index (χ1) is 12.8. The minimum absolute atomic E-state index is 0.290. The standard InChI is InChI=1S/C18H18FN7/c1-2-14-16(19)18(24-9-21-14)25-7-11-5-12(8-25)26(11)17-13-3-4-20-6-15(13)22-10-23-17/h3-4,6,9-12H,2,5,7-8H2,1H3. The molecule has 6 rings (SSSR count). The molecular formula is C18H18FN7. The second-order valence-corrected chi connectivity index (χ2v) is 6.76. The Balaban J connectivity index is 1.45. The first-order valence-electron chi connectivity index (χ1n) is 8.83. The van der Waals surface area contributed by atoms with Crippen LogP contribution in [0.25, 0.3) is 10.9 Å². The third-order valence-corrected chi connectivity index (χ3v) is 5.33. The number of hydrogen-bond donors (Lipinski definition) is 0. The van der Waals surface area contributed by atoms with E-state index in [1.54, 1.807) is 18.7 Å². The number of piperidine rings is 1. The number of aryl methyl sites for hydroxylation is 1. The molecule has 26 heavy (non-hydrogen) atoms. The monoisotopic (exact) mass is 351 g/mol. The molecule has 6 heterocycles. The quantitative estimate of drug-likeness (QED) is 0.714. The van der Waals surface area contributed by atoms with E-state index in [2.05, 4.69) is 29.8 Å². The van der Waals surface area contributed by atoms with E-state index in [4.69, 9.17) is 0 Å². The highest BCUT2D eigenvalue weighted by molar-refractivity contribution is 5.89. The van der Waals surface area contributed by atoms with Crippen molar-refractivity contribution in [1.82, 2.24) is 24.9 Å². The van der Waals surface area contributed by atoms with Crippen molar-refractivity contribution in [2.24, 2.45) is 0 Å². The maximum atomic E-state index is 14.6. The third-order valence-electron chi connectivity index (χ3n) is 5.33. The Kier molecular flexibility index (Phi) is 3.44. The van der Waals surface area contributed by atoms with Crippen LogP contribution >= 0.6 is 0 Å². The molecule has 132 valence electrons. The van der Waals surface area contributed by atoms with E-state index >= 15 is 0 Å². The van der Waals surface area contributed by atoms with Crippen LogP contribution < -0.4 is 9.80 Å². The van der Waals surface area contributed by atoms with Crippen LogP contribution in [0.3, 0.4) is 0 Å². The molecule has 0 aromatic carbocycles.